The first-order valence-electron chi connectivity index (χ1n) is 13.3. The van der Waals surface area contributed by atoms with Crippen LogP contribution in [0.5, 0.6) is 5.75 Å². The highest BCUT2D eigenvalue weighted by molar-refractivity contribution is 5.99. The zero-order valence-corrected chi connectivity index (χ0v) is 23.4. The lowest BCUT2D eigenvalue weighted by Crippen LogP contribution is -2.27. The zero-order chi connectivity index (χ0) is 29.3. The van der Waals surface area contributed by atoms with Crippen molar-refractivity contribution in [1.82, 2.24) is 9.88 Å². The van der Waals surface area contributed by atoms with Crippen molar-refractivity contribution < 1.29 is 23.8 Å². The van der Waals surface area contributed by atoms with Crippen LogP contribution < -0.4 is 10.1 Å². The first kappa shape index (κ1) is 27.6. The molecule has 0 aliphatic heterocycles. The molecule has 5 rings (SSSR count). The lowest BCUT2D eigenvalue weighted by Gasteiger charge is -2.18. The quantitative estimate of drug-likeness (QED) is 0.212. The summed E-state index contributed by atoms with van der Waals surface area (Å²) >= 11 is 0. The van der Waals surface area contributed by atoms with E-state index in [1.54, 1.807) is 37.3 Å². The maximum Gasteiger partial charge on any atom is 0.336 e. The predicted molar refractivity (Wildman–Crippen MR) is 158 cm³/mol. The molecule has 1 heterocycles. The first-order chi connectivity index (χ1) is 19.7. The Morgan fingerprint density at radius 1 is 0.976 bits per heavy atom. The number of para-hydroxylation sites is 1. The third kappa shape index (κ3) is 5.31. The number of carbonyl (C=O) groups excluding carboxylic acids is 1. The van der Waals surface area contributed by atoms with Gasteiger partial charge in [-0.2, -0.15) is 0 Å². The summed E-state index contributed by atoms with van der Waals surface area (Å²) < 4.78 is 21.6. The summed E-state index contributed by atoms with van der Waals surface area (Å²) in [6, 6.07) is 24.7. The van der Waals surface area contributed by atoms with Crippen molar-refractivity contribution in [1.29, 1.82) is 0 Å². The van der Waals surface area contributed by atoms with Crippen molar-refractivity contribution in [2.45, 2.75) is 33.4 Å². The van der Waals surface area contributed by atoms with Gasteiger partial charge < -0.3 is 19.7 Å². The molecule has 7 heteroatoms. The smallest absolute Gasteiger partial charge is 0.336 e. The van der Waals surface area contributed by atoms with Crippen LogP contribution in [-0.4, -0.2) is 28.7 Å². The van der Waals surface area contributed by atoms with Crippen molar-refractivity contribution in [2.24, 2.45) is 0 Å². The summed E-state index contributed by atoms with van der Waals surface area (Å²) in [6.45, 7) is 6.52. The zero-order valence-electron chi connectivity index (χ0n) is 23.4. The number of carbonyl (C=O) groups is 2. The summed E-state index contributed by atoms with van der Waals surface area (Å²) in [6.07, 6.45) is 0. The summed E-state index contributed by atoms with van der Waals surface area (Å²) in [5.74, 6) is -1.56. The first-order valence-corrected chi connectivity index (χ1v) is 13.3. The highest BCUT2D eigenvalue weighted by atomic mass is 19.1. The number of hydrogen-bond acceptors (Lipinski definition) is 3. The number of ether oxygens (including phenoxy) is 1. The number of aromatic nitrogens is 1. The van der Waals surface area contributed by atoms with Gasteiger partial charge in [-0.1, -0.05) is 54.6 Å². The number of nitrogens with one attached hydrogen (secondary N) is 1. The largest absolute Gasteiger partial charge is 0.493 e. The van der Waals surface area contributed by atoms with Gasteiger partial charge in [-0.3, -0.25) is 4.79 Å². The predicted octanol–water partition coefficient (Wildman–Crippen LogP) is 7.31. The van der Waals surface area contributed by atoms with E-state index in [0.29, 0.717) is 23.2 Å². The Kier molecular flexibility index (Phi) is 7.62. The molecule has 0 saturated carbocycles. The Hall–Kier alpha value is -4.91. The summed E-state index contributed by atoms with van der Waals surface area (Å²) in [5.41, 5.74) is 7.14. The minimum absolute atomic E-state index is 0.124. The molecule has 41 heavy (non-hydrogen) atoms. The number of carboxylic acid groups (broad SMARTS) is 1. The number of nitrogens with zero attached hydrogens (tertiary/aromatic N) is 1. The van der Waals surface area contributed by atoms with E-state index in [0.717, 1.165) is 33.3 Å². The number of benzene rings is 4. The molecule has 0 fully saturated rings. The molecule has 0 aliphatic carbocycles. The van der Waals surface area contributed by atoms with Crippen LogP contribution in [0, 0.1) is 19.7 Å². The molecule has 0 spiro atoms. The van der Waals surface area contributed by atoms with Crippen molar-refractivity contribution in [3.8, 4) is 16.9 Å². The van der Waals surface area contributed by atoms with Crippen LogP contribution in [0.15, 0.2) is 84.9 Å². The monoisotopic (exact) mass is 550 g/mol. The van der Waals surface area contributed by atoms with Gasteiger partial charge in [0.15, 0.2) is 11.6 Å². The number of aryl methyl sites for hydroxylation is 1. The minimum atomic E-state index is -0.953. The fourth-order valence-corrected chi connectivity index (χ4v) is 5.33. The van der Waals surface area contributed by atoms with Gasteiger partial charge >= 0.3 is 5.97 Å². The molecule has 208 valence electrons. The molecule has 5 aromatic rings. The Bertz CT molecular complexity index is 1770. The van der Waals surface area contributed by atoms with Crippen LogP contribution in [0.1, 0.15) is 56.1 Å². The van der Waals surface area contributed by atoms with E-state index in [1.165, 1.54) is 13.2 Å². The van der Waals surface area contributed by atoms with E-state index < -0.39 is 17.8 Å². The average Bonchev–Trinajstić information content (AvgIpc) is 3.21. The number of rotatable bonds is 8. The molecule has 1 amide bonds. The van der Waals surface area contributed by atoms with Crippen LogP contribution in [0.2, 0.25) is 0 Å². The number of hydrogen-bond donors (Lipinski definition) is 2. The van der Waals surface area contributed by atoms with Gasteiger partial charge in [0.25, 0.3) is 5.91 Å². The van der Waals surface area contributed by atoms with E-state index in [2.05, 4.69) is 16.8 Å². The molecule has 2 N–H and O–H groups in total. The lowest BCUT2D eigenvalue weighted by atomic mass is 9.99. The normalized spacial score (nSPS) is 11.8. The Morgan fingerprint density at radius 2 is 1.71 bits per heavy atom. The van der Waals surface area contributed by atoms with E-state index in [1.807, 2.05) is 55.5 Å². The highest BCUT2D eigenvalue weighted by Crippen LogP contribution is 2.30. The molecule has 6 nitrogen and oxygen atoms in total. The Morgan fingerprint density at radius 3 is 2.41 bits per heavy atom. The fourth-order valence-electron chi connectivity index (χ4n) is 5.33. The Balaban J connectivity index is 1.39. The maximum atomic E-state index is 14.2. The highest BCUT2D eigenvalue weighted by Gasteiger charge is 2.19. The molecule has 0 aliphatic rings. The maximum absolute atomic E-state index is 14.2. The van der Waals surface area contributed by atoms with E-state index >= 15 is 0 Å². The molecule has 0 saturated heterocycles. The summed E-state index contributed by atoms with van der Waals surface area (Å²) in [4.78, 5) is 24.8. The van der Waals surface area contributed by atoms with Crippen LogP contribution >= 0.6 is 0 Å². The molecular formula is C34H31FN2O4. The second-order valence-electron chi connectivity index (χ2n) is 10.1. The minimum Gasteiger partial charge on any atom is -0.493 e. The van der Waals surface area contributed by atoms with E-state index in [-0.39, 0.29) is 17.2 Å². The number of carboxylic acids is 1. The van der Waals surface area contributed by atoms with Gasteiger partial charge in [0, 0.05) is 34.3 Å². The van der Waals surface area contributed by atoms with Gasteiger partial charge in [-0.15, -0.1) is 0 Å². The van der Waals surface area contributed by atoms with Crippen LogP contribution in [-0.2, 0) is 6.54 Å². The summed E-state index contributed by atoms with van der Waals surface area (Å²) in [7, 11) is 1.41. The number of fused-ring (bicyclic) bond motifs is 1. The SMILES string of the molecule is COc1c(F)cccc1C(C)NC(=O)c1ccc2c(c1)c(C)c(C)n2Cc1ccc(-c2ccccc2C(=O)O)cc1. The fraction of sp³-hybridized carbons (Fsp3) is 0.176. The third-order valence-corrected chi connectivity index (χ3v) is 7.68. The van der Waals surface area contributed by atoms with Crippen LogP contribution in [0.25, 0.3) is 22.0 Å². The van der Waals surface area contributed by atoms with Gasteiger partial charge in [-0.05, 0) is 73.4 Å². The third-order valence-electron chi connectivity index (χ3n) is 7.68. The molecular weight excluding hydrogens is 519 g/mol. The van der Waals surface area contributed by atoms with Gasteiger partial charge in [0.05, 0.1) is 18.7 Å². The van der Waals surface area contributed by atoms with Crippen LogP contribution in [0.3, 0.4) is 0 Å². The lowest BCUT2D eigenvalue weighted by molar-refractivity contribution is 0.0697. The molecule has 1 atom stereocenters. The average molecular weight is 551 g/mol. The standard InChI is InChI=1S/C34H31FN2O4/c1-20-22(3)37(19-23-12-14-24(15-13-23)27-8-5-6-9-28(27)34(39)40)31-17-16-25(18-29(20)31)33(38)36-21(2)26-10-7-11-30(35)32(26)41-4/h5-18,21H,19H2,1-4H3,(H,36,38)(H,39,40). The van der Waals surface area contributed by atoms with Crippen molar-refractivity contribution in [2.75, 3.05) is 7.11 Å². The summed E-state index contributed by atoms with van der Waals surface area (Å²) in [5, 5.41) is 13.5. The van der Waals surface area contributed by atoms with Gasteiger partial charge in [-0.25, -0.2) is 9.18 Å². The number of aromatic carboxylic acids is 1. The van der Waals surface area contributed by atoms with E-state index in [9.17, 15) is 19.1 Å². The molecule has 0 radical (unpaired) electrons. The number of halogens is 1. The molecule has 1 aromatic heterocycles. The Labute approximate surface area is 238 Å². The number of amides is 1. The second-order valence-corrected chi connectivity index (χ2v) is 10.1. The van der Waals surface area contributed by atoms with Crippen LogP contribution in [0.4, 0.5) is 4.39 Å². The molecule has 0 bridgehead atoms. The topological polar surface area (TPSA) is 80.6 Å². The molecule has 1 unspecified atom stereocenters. The molecule has 4 aromatic carbocycles. The van der Waals surface area contributed by atoms with Crippen molar-refractivity contribution in [3.63, 3.8) is 0 Å². The van der Waals surface area contributed by atoms with Crippen molar-refractivity contribution >= 4 is 22.8 Å². The second kappa shape index (κ2) is 11.3. The van der Waals surface area contributed by atoms with E-state index in [4.69, 9.17) is 4.74 Å². The van der Waals surface area contributed by atoms with Gasteiger partial charge in [0.1, 0.15) is 0 Å². The number of methoxy groups -OCH3 is 1. The van der Waals surface area contributed by atoms with Gasteiger partial charge in [0.2, 0.25) is 0 Å². The van der Waals surface area contributed by atoms with Crippen molar-refractivity contribution in [3.05, 3.63) is 124 Å².